The number of hydrogen-bond acceptors (Lipinski definition) is 7. The number of aliphatic hydroxyl groups excluding tert-OH is 2. The van der Waals surface area contributed by atoms with Gasteiger partial charge in [-0.25, -0.2) is 0 Å². The number of nitrogens with zero attached hydrogens (tertiary/aromatic N) is 1. The number of oxime groups is 1. The number of carbonyl (C=O) groups excluding carboxylic acids is 1. The van der Waals surface area contributed by atoms with E-state index >= 15 is 0 Å². The van der Waals surface area contributed by atoms with Crippen molar-refractivity contribution in [2.75, 3.05) is 19.8 Å². The number of thiophene rings is 1. The summed E-state index contributed by atoms with van der Waals surface area (Å²) in [5, 5.41) is 25.8. The molecular weight excluding hydrogens is 476 g/mol. The van der Waals surface area contributed by atoms with Crippen molar-refractivity contribution < 1.29 is 24.6 Å². The van der Waals surface area contributed by atoms with E-state index in [1.54, 1.807) is 11.3 Å². The summed E-state index contributed by atoms with van der Waals surface area (Å²) in [6.45, 7) is 12.1. The quantitative estimate of drug-likeness (QED) is 0.428. The molecule has 8 heteroatoms. The second kappa shape index (κ2) is 12.5. The van der Waals surface area contributed by atoms with Gasteiger partial charge in [-0.3, -0.25) is 4.79 Å². The number of ether oxygens (including phenoxy) is 1. The summed E-state index contributed by atoms with van der Waals surface area (Å²) in [6.07, 6.45) is 1.82. The summed E-state index contributed by atoms with van der Waals surface area (Å²) in [4.78, 5) is 19.7. The van der Waals surface area contributed by atoms with Crippen molar-refractivity contribution in [2.45, 2.75) is 66.9 Å². The van der Waals surface area contributed by atoms with Crippen molar-refractivity contribution in [3.63, 3.8) is 0 Å². The molecule has 0 fully saturated rings. The standard InChI is InChI=1S/C28H38N2O5S/c1-16(2)9-21-12-25(36-20(21)6)28-17(3)7-8-24(30-35-28)22-10-18(4)27(19(5)11-22)34-15-23(32)13-29-26(33)14-31/h10-12,16,23,31-32H,7-9,13-15H2,1-6H3,(H,29,33). The Hall–Kier alpha value is -2.68. The van der Waals surface area contributed by atoms with Gasteiger partial charge >= 0.3 is 0 Å². The van der Waals surface area contributed by atoms with E-state index in [2.05, 4.69) is 44.2 Å². The van der Waals surface area contributed by atoms with Gasteiger partial charge in [-0.05, 0) is 93.3 Å². The molecule has 3 rings (SSSR count). The maximum Gasteiger partial charge on any atom is 0.245 e. The lowest BCUT2D eigenvalue weighted by Crippen LogP contribution is -2.36. The highest BCUT2D eigenvalue weighted by Crippen LogP contribution is 2.35. The van der Waals surface area contributed by atoms with E-state index in [0.717, 1.165) is 52.3 Å². The normalized spacial score (nSPS) is 14.9. The number of aliphatic hydroxyl groups is 2. The molecule has 3 N–H and O–H groups in total. The molecule has 1 unspecified atom stereocenters. The van der Waals surface area contributed by atoms with Crippen LogP contribution < -0.4 is 10.1 Å². The maximum atomic E-state index is 11.1. The summed E-state index contributed by atoms with van der Waals surface area (Å²) in [5.41, 5.74) is 6.32. The maximum absolute atomic E-state index is 11.1. The lowest BCUT2D eigenvalue weighted by atomic mass is 9.98. The van der Waals surface area contributed by atoms with Gasteiger partial charge in [0.1, 0.15) is 25.1 Å². The first kappa shape index (κ1) is 27.9. The molecule has 2 heterocycles. The second-order valence-corrected chi connectivity index (χ2v) is 11.2. The Balaban J connectivity index is 1.72. The first-order valence-corrected chi connectivity index (χ1v) is 13.2. The third kappa shape index (κ3) is 7.18. The predicted molar refractivity (Wildman–Crippen MR) is 145 cm³/mol. The Labute approximate surface area is 217 Å². The fourth-order valence-electron chi connectivity index (χ4n) is 4.24. The highest BCUT2D eigenvalue weighted by molar-refractivity contribution is 7.13. The summed E-state index contributed by atoms with van der Waals surface area (Å²) in [5.74, 6) is 1.64. The van der Waals surface area contributed by atoms with Gasteiger partial charge in [-0.2, -0.15) is 0 Å². The number of carbonyl (C=O) groups is 1. The zero-order valence-electron chi connectivity index (χ0n) is 22.1. The van der Waals surface area contributed by atoms with E-state index in [9.17, 15) is 9.90 Å². The van der Waals surface area contributed by atoms with E-state index in [-0.39, 0.29) is 13.2 Å². The van der Waals surface area contributed by atoms with Crippen LogP contribution in [0.25, 0.3) is 5.76 Å². The second-order valence-electron chi connectivity index (χ2n) is 9.89. The molecule has 0 saturated carbocycles. The number of rotatable bonds is 10. The van der Waals surface area contributed by atoms with Crippen LogP contribution in [0.2, 0.25) is 0 Å². The highest BCUT2D eigenvalue weighted by Gasteiger charge is 2.20. The van der Waals surface area contributed by atoms with Crippen LogP contribution in [0.1, 0.15) is 65.6 Å². The Morgan fingerprint density at radius 1 is 1.17 bits per heavy atom. The van der Waals surface area contributed by atoms with Crippen molar-refractivity contribution in [1.82, 2.24) is 5.32 Å². The monoisotopic (exact) mass is 514 g/mol. The molecule has 7 nitrogen and oxygen atoms in total. The fraction of sp³-hybridized carbons (Fsp3) is 0.500. The molecule has 0 bridgehead atoms. The third-order valence-corrected chi connectivity index (χ3v) is 7.23. The zero-order valence-corrected chi connectivity index (χ0v) is 22.9. The summed E-state index contributed by atoms with van der Waals surface area (Å²) in [7, 11) is 0. The van der Waals surface area contributed by atoms with E-state index < -0.39 is 18.6 Å². The van der Waals surface area contributed by atoms with Crippen LogP contribution in [0, 0.1) is 26.7 Å². The molecule has 196 valence electrons. The Bertz CT molecular complexity index is 1130. The number of amides is 1. The molecule has 36 heavy (non-hydrogen) atoms. The number of allylic oxidation sites excluding steroid dienone is 1. The average Bonchev–Trinajstić information content (AvgIpc) is 3.05. The molecule has 1 aliphatic heterocycles. The van der Waals surface area contributed by atoms with E-state index in [0.29, 0.717) is 11.7 Å². The van der Waals surface area contributed by atoms with Crippen LogP contribution in [0.15, 0.2) is 28.9 Å². The summed E-state index contributed by atoms with van der Waals surface area (Å²) in [6, 6.07) is 6.31. The number of hydrogen-bond donors (Lipinski definition) is 3. The fourth-order valence-corrected chi connectivity index (χ4v) is 5.35. The van der Waals surface area contributed by atoms with Crippen molar-refractivity contribution in [3.05, 3.63) is 55.8 Å². The van der Waals surface area contributed by atoms with Gasteiger partial charge < -0.3 is 25.1 Å². The molecule has 0 spiro atoms. The van der Waals surface area contributed by atoms with Gasteiger partial charge in [0.05, 0.1) is 10.6 Å². The largest absolute Gasteiger partial charge is 0.490 e. The molecule has 0 saturated heterocycles. The van der Waals surface area contributed by atoms with Crippen molar-refractivity contribution in [1.29, 1.82) is 0 Å². The Morgan fingerprint density at radius 3 is 2.50 bits per heavy atom. The Morgan fingerprint density at radius 2 is 1.86 bits per heavy atom. The van der Waals surface area contributed by atoms with Gasteiger partial charge in [-0.1, -0.05) is 19.0 Å². The van der Waals surface area contributed by atoms with Crippen molar-refractivity contribution in [3.8, 4) is 5.75 Å². The molecule has 2 aromatic rings. The SMILES string of the molecule is CC1=C(c2cc(CC(C)C)c(C)s2)ON=C(c2cc(C)c(OCC(O)CNC(=O)CO)c(C)c2)CC1. The molecule has 1 aromatic heterocycles. The van der Waals surface area contributed by atoms with Gasteiger partial charge in [0, 0.05) is 17.0 Å². The van der Waals surface area contributed by atoms with Gasteiger partial charge in [0.15, 0.2) is 5.76 Å². The van der Waals surface area contributed by atoms with Crippen LogP contribution in [0.3, 0.4) is 0 Å². The van der Waals surface area contributed by atoms with E-state index in [4.69, 9.17) is 14.7 Å². The van der Waals surface area contributed by atoms with Crippen molar-refractivity contribution >= 4 is 28.7 Å². The molecular formula is C28H38N2O5S. The molecule has 1 atom stereocenters. The highest BCUT2D eigenvalue weighted by atomic mass is 32.1. The average molecular weight is 515 g/mol. The van der Waals surface area contributed by atoms with Crippen LogP contribution in [-0.2, 0) is 16.1 Å². The lowest BCUT2D eigenvalue weighted by Gasteiger charge is -2.17. The Kier molecular flexibility index (Phi) is 9.70. The van der Waals surface area contributed by atoms with Gasteiger partial charge in [0.2, 0.25) is 5.91 Å². The molecule has 1 amide bonds. The van der Waals surface area contributed by atoms with Crippen LogP contribution in [0.4, 0.5) is 0 Å². The van der Waals surface area contributed by atoms with Gasteiger partial charge in [-0.15, -0.1) is 11.3 Å². The minimum absolute atomic E-state index is 0.0150. The summed E-state index contributed by atoms with van der Waals surface area (Å²) < 4.78 is 5.85. The number of aryl methyl sites for hydroxylation is 3. The predicted octanol–water partition coefficient (Wildman–Crippen LogP) is 4.67. The third-order valence-electron chi connectivity index (χ3n) is 6.14. The van der Waals surface area contributed by atoms with Crippen LogP contribution in [0.5, 0.6) is 5.75 Å². The smallest absolute Gasteiger partial charge is 0.245 e. The lowest BCUT2D eigenvalue weighted by molar-refractivity contribution is -0.124. The minimum atomic E-state index is -0.881. The van der Waals surface area contributed by atoms with E-state index in [1.165, 1.54) is 16.0 Å². The topological polar surface area (TPSA) is 100 Å². The van der Waals surface area contributed by atoms with Gasteiger partial charge in [0.25, 0.3) is 0 Å². The molecule has 1 aliphatic rings. The van der Waals surface area contributed by atoms with Crippen LogP contribution >= 0.6 is 11.3 Å². The first-order valence-electron chi connectivity index (χ1n) is 12.4. The zero-order chi connectivity index (χ0) is 26.4. The molecule has 0 radical (unpaired) electrons. The van der Waals surface area contributed by atoms with Crippen molar-refractivity contribution in [2.24, 2.45) is 11.1 Å². The van der Waals surface area contributed by atoms with Crippen LogP contribution in [-0.4, -0.2) is 47.7 Å². The molecule has 1 aromatic carbocycles. The number of nitrogens with one attached hydrogen (secondary N) is 1. The van der Waals surface area contributed by atoms with E-state index in [1.807, 2.05) is 26.0 Å². The summed E-state index contributed by atoms with van der Waals surface area (Å²) >= 11 is 1.77. The number of benzene rings is 1. The minimum Gasteiger partial charge on any atom is -0.490 e. The first-order chi connectivity index (χ1) is 17.1. The molecule has 0 aliphatic carbocycles.